The van der Waals surface area contributed by atoms with Gasteiger partial charge in [-0.15, -0.1) is 0 Å². The summed E-state index contributed by atoms with van der Waals surface area (Å²) in [6.07, 6.45) is 5.12. The van der Waals surface area contributed by atoms with Crippen LogP contribution in [-0.4, -0.2) is 23.9 Å². The van der Waals surface area contributed by atoms with Crippen LogP contribution in [0, 0.1) is 11.8 Å². The Morgan fingerprint density at radius 3 is 1.07 bits per heavy atom. The summed E-state index contributed by atoms with van der Waals surface area (Å²) in [5, 5.41) is 0. The first kappa shape index (κ1) is 34.5. The van der Waals surface area contributed by atoms with Crippen molar-refractivity contribution in [1.29, 1.82) is 0 Å². The van der Waals surface area contributed by atoms with Crippen LogP contribution in [0.5, 0.6) is 23.0 Å². The van der Waals surface area contributed by atoms with Gasteiger partial charge in [-0.2, -0.15) is 0 Å². The predicted octanol–water partition coefficient (Wildman–Crippen LogP) is 7.57. The molecule has 0 aromatic heterocycles. The molecule has 230 valence electrons. The fraction of sp³-hybridized carbons (Fsp3) is 0.529. The number of hydrogen-bond donors (Lipinski definition) is 0. The minimum absolute atomic E-state index is 0.228. The van der Waals surface area contributed by atoms with E-state index in [0.717, 1.165) is 11.1 Å². The molecule has 8 nitrogen and oxygen atoms in total. The van der Waals surface area contributed by atoms with Crippen molar-refractivity contribution in [3.05, 3.63) is 47.5 Å². The van der Waals surface area contributed by atoms with Gasteiger partial charge in [0.1, 0.15) is 0 Å². The van der Waals surface area contributed by atoms with Crippen LogP contribution in [-0.2, 0) is 32.0 Å². The van der Waals surface area contributed by atoms with E-state index in [0.29, 0.717) is 38.5 Å². The summed E-state index contributed by atoms with van der Waals surface area (Å²) in [5.74, 6) is -0.0387. The van der Waals surface area contributed by atoms with E-state index in [4.69, 9.17) is 18.9 Å². The normalized spacial score (nSPS) is 12.2. The van der Waals surface area contributed by atoms with Gasteiger partial charge in [-0.05, 0) is 85.8 Å². The molecule has 8 heteroatoms. The van der Waals surface area contributed by atoms with Crippen molar-refractivity contribution in [2.75, 3.05) is 0 Å². The lowest BCUT2D eigenvalue weighted by atomic mass is 9.85. The van der Waals surface area contributed by atoms with Crippen molar-refractivity contribution >= 4 is 23.9 Å². The summed E-state index contributed by atoms with van der Waals surface area (Å²) < 4.78 is 22.1. The molecule has 0 spiro atoms. The van der Waals surface area contributed by atoms with Gasteiger partial charge in [-0.1, -0.05) is 53.7 Å². The summed E-state index contributed by atoms with van der Waals surface area (Å²) in [7, 11) is 0. The number of ether oxygens (including phenoxy) is 4. The Morgan fingerprint density at radius 1 is 0.500 bits per heavy atom. The van der Waals surface area contributed by atoms with E-state index < -0.39 is 0 Å². The molecule has 0 fully saturated rings. The molecule has 0 aliphatic heterocycles. The van der Waals surface area contributed by atoms with Crippen LogP contribution in [0.4, 0.5) is 0 Å². The van der Waals surface area contributed by atoms with E-state index in [-0.39, 0.29) is 84.4 Å². The molecule has 0 radical (unpaired) electrons. The Hall–Kier alpha value is -3.68. The smallest absolute Gasteiger partial charge is 0.311 e. The van der Waals surface area contributed by atoms with E-state index >= 15 is 0 Å². The van der Waals surface area contributed by atoms with Crippen molar-refractivity contribution in [3.8, 4) is 23.0 Å². The number of carbonyl (C=O) groups excluding carboxylic acids is 4. The zero-order valence-electron chi connectivity index (χ0n) is 26.0. The highest BCUT2D eigenvalue weighted by molar-refractivity contribution is 5.77. The first-order valence-electron chi connectivity index (χ1n) is 15.2. The largest absolute Gasteiger partial charge is 0.423 e. The maximum atomic E-state index is 12.2. The van der Waals surface area contributed by atoms with Crippen molar-refractivity contribution in [2.24, 2.45) is 11.8 Å². The van der Waals surface area contributed by atoms with Crippen molar-refractivity contribution < 1.29 is 38.1 Å². The molecule has 2 aromatic rings. The van der Waals surface area contributed by atoms with Crippen LogP contribution in [0.3, 0.4) is 0 Å². The molecule has 2 unspecified atom stereocenters. The molecule has 0 N–H and O–H groups in total. The fourth-order valence-electron chi connectivity index (χ4n) is 4.34. The van der Waals surface area contributed by atoms with E-state index in [1.54, 1.807) is 24.3 Å². The quantitative estimate of drug-likeness (QED) is 0.139. The van der Waals surface area contributed by atoms with Gasteiger partial charge < -0.3 is 18.9 Å². The lowest BCUT2D eigenvalue weighted by molar-refractivity contribution is -0.137. The Morgan fingerprint density at radius 2 is 0.786 bits per heavy atom. The third-order valence-corrected chi connectivity index (χ3v) is 6.81. The van der Waals surface area contributed by atoms with Crippen LogP contribution in [0.15, 0.2) is 36.4 Å². The topological polar surface area (TPSA) is 105 Å². The molecule has 2 atom stereocenters. The number of hydrogen-bond acceptors (Lipinski definition) is 8. The molecule has 0 bridgehead atoms. The van der Waals surface area contributed by atoms with Crippen LogP contribution in [0.25, 0.3) is 0 Å². The van der Waals surface area contributed by atoms with Gasteiger partial charge in [-0.25, -0.2) is 0 Å². The molecular weight excluding hydrogens is 536 g/mol. The van der Waals surface area contributed by atoms with Crippen LogP contribution < -0.4 is 18.9 Å². The van der Waals surface area contributed by atoms with Gasteiger partial charge in [-0.3, -0.25) is 19.2 Å². The second-order valence-electron chi connectivity index (χ2n) is 10.8. The van der Waals surface area contributed by atoms with Crippen molar-refractivity contribution in [3.63, 3.8) is 0 Å². The second kappa shape index (κ2) is 18.0. The molecule has 0 heterocycles. The zero-order valence-corrected chi connectivity index (χ0v) is 26.0. The van der Waals surface area contributed by atoms with Crippen LogP contribution >= 0.6 is 0 Å². The highest BCUT2D eigenvalue weighted by atomic mass is 16.6. The molecule has 0 amide bonds. The van der Waals surface area contributed by atoms with Gasteiger partial charge in [0.2, 0.25) is 0 Å². The number of esters is 4. The number of benzene rings is 2. The summed E-state index contributed by atoms with van der Waals surface area (Å²) in [5.41, 5.74) is 1.91. The summed E-state index contributed by atoms with van der Waals surface area (Å²) in [4.78, 5) is 48.7. The van der Waals surface area contributed by atoms with E-state index in [1.807, 2.05) is 39.8 Å². The summed E-state index contributed by atoms with van der Waals surface area (Å²) in [6.45, 7) is 11.9. The molecule has 0 saturated heterocycles. The SMILES string of the molecule is CCCC(=O)Oc1ccc(CC(C)C(C)Cc2ccc(OC(=O)CCC)c(OC(=O)CCC)c2)cc1OC(=O)CCC. The average molecular weight is 583 g/mol. The Bertz CT molecular complexity index is 1110. The van der Waals surface area contributed by atoms with E-state index in [1.165, 1.54) is 0 Å². The minimum Gasteiger partial charge on any atom is -0.423 e. The standard InChI is InChI=1S/C34H46O8/c1-7-11-31(35)39-27-17-15-25(21-29(27)41-33(37)13-9-3)19-23(5)24(6)20-26-16-18-28(40-32(36)12-8-2)30(22-26)42-34(38)14-10-4/h15-18,21-24H,7-14,19-20H2,1-6H3. The van der Waals surface area contributed by atoms with Crippen LogP contribution in [0.1, 0.15) is 104 Å². The molecule has 0 aliphatic rings. The third-order valence-electron chi connectivity index (χ3n) is 6.81. The first-order chi connectivity index (χ1) is 20.1. The number of carbonyl (C=O) groups is 4. The third kappa shape index (κ3) is 11.7. The van der Waals surface area contributed by atoms with E-state index in [9.17, 15) is 19.2 Å². The highest BCUT2D eigenvalue weighted by Gasteiger charge is 2.20. The Balaban J connectivity index is 2.20. The summed E-state index contributed by atoms with van der Waals surface area (Å²) in [6, 6.07) is 10.7. The minimum atomic E-state index is -0.372. The Kier molecular flexibility index (Phi) is 14.8. The molecular formula is C34H46O8. The predicted molar refractivity (Wildman–Crippen MR) is 161 cm³/mol. The maximum absolute atomic E-state index is 12.2. The van der Waals surface area contributed by atoms with Gasteiger partial charge >= 0.3 is 23.9 Å². The number of rotatable bonds is 17. The molecule has 2 rings (SSSR count). The lowest BCUT2D eigenvalue weighted by Gasteiger charge is -2.21. The van der Waals surface area contributed by atoms with Crippen LogP contribution in [0.2, 0.25) is 0 Å². The van der Waals surface area contributed by atoms with Crippen molar-refractivity contribution in [2.45, 2.75) is 106 Å². The summed E-state index contributed by atoms with van der Waals surface area (Å²) >= 11 is 0. The average Bonchev–Trinajstić information content (AvgIpc) is 2.92. The second-order valence-corrected chi connectivity index (χ2v) is 10.8. The van der Waals surface area contributed by atoms with Gasteiger partial charge in [0.05, 0.1) is 0 Å². The molecule has 0 aliphatic carbocycles. The molecule has 2 aromatic carbocycles. The maximum Gasteiger partial charge on any atom is 0.311 e. The highest BCUT2D eigenvalue weighted by Crippen LogP contribution is 2.33. The lowest BCUT2D eigenvalue weighted by Crippen LogP contribution is -2.15. The monoisotopic (exact) mass is 582 g/mol. The molecule has 42 heavy (non-hydrogen) atoms. The van der Waals surface area contributed by atoms with E-state index in [2.05, 4.69) is 13.8 Å². The van der Waals surface area contributed by atoms with Gasteiger partial charge in [0.25, 0.3) is 0 Å². The van der Waals surface area contributed by atoms with Gasteiger partial charge in [0.15, 0.2) is 23.0 Å². The first-order valence-corrected chi connectivity index (χ1v) is 15.2. The zero-order chi connectivity index (χ0) is 31.1. The Labute approximate surface area is 250 Å². The van der Waals surface area contributed by atoms with Crippen molar-refractivity contribution in [1.82, 2.24) is 0 Å². The molecule has 0 saturated carbocycles. The van der Waals surface area contributed by atoms with Gasteiger partial charge in [0, 0.05) is 25.7 Å². The fourth-order valence-corrected chi connectivity index (χ4v) is 4.34.